The van der Waals surface area contributed by atoms with Crippen LogP contribution in [0, 0.1) is 6.92 Å². The summed E-state index contributed by atoms with van der Waals surface area (Å²) in [6, 6.07) is 14.8. The molecule has 6 rings (SSSR count). The summed E-state index contributed by atoms with van der Waals surface area (Å²) in [5, 5.41) is 12.1. The van der Waals surface area contributed by atoms with Gasteiger partial charge in [0.2, 0.25) is 0 Å². The Morgan fingerprint density at radius 1 is 1.03 bits per heavy atom. The molecule has 0 unspecified atom stereocenters. The molecular weight excluding hydrogens is 442 g/mol. The Kier molecular flexibility index (Phi) is 5.16. The minimum absolute atomic E-state index is 0.686. The Labute approximate surface area is 200 Å². The number of aromatic nitrogens is 6. The monoisotopic (exact) mass is 465 g/mol. The smallest absolute Gasteiger partial charge is 0.178 e. The van der Waals surface area contributed by atoms with Crippen LogP contribution in [-0.2, 0) is 6.54 Å². The van der Waals surface area contributed by atoms with Crippen molar-refractivity contribution >= 4 is 33.4 Å². The number of nitrogens with one attached hydrogen (secondary N) is 3. The predicted octanol–water partition coefficient (Wildman–Crippen LogP) is 5.71. The largest absolute Gasteiger partial charge is 0.335 e. The van der Waals surface area contributed by atoms with Gasteiger partial charge < -0.3 is 10.3 Å². The molecule has 0 aliphatic heterocycles. The van der Waals surface area contributed by atoms with Crippen molar-refractivity contribution in [3.63, 3.8) is 0 Å². The van der Waals surface area contributed by atoms with Gasteiger partial charge in [-0.15, -0.1) is 11.3 Å². The molecule has 0 amide bonds. The minimum atomic E-state index is 0.686. The Hall–Kier alpha value is -3.88. The Balaban J connectivity index is 1.44. The van der Waals surface area contributed by atoms with Crippen LogP contribution in [0.3, 0.4) is 0 Å². The molecule has 3 N–H and O–H groups in total. The first-order chi connectivity index (χ1) is 16.7. The lowest BCUT2D eigenvalue weighted by atomic mass is 10.0. The van der Waals surface area contributed by atoms with E-state index in [9.17, 15) is 0 Å². The van der Waals surface area contributed by atoms with Crippen LogP contribution >= 0.6 is 11.3 Å². The fourth-order valence-electron chi connectivity index (χ4n) is 4.19. The summed E-state index contributed by atoms with van der Waals surface area (Å²) >= 11 is 1.76. The predicted molar refractivity (Wildman–Crippen MR) is 138 cm³/mol. The van der Waals surface area contributed by atoms with E-state index in [-0.39, 0.29) is 0 Å². The molecule has 0 saturated heterocycles. The van der Waals surface area contributed by atoms with E-state index < -0.39 is 0 Å². The van der Waals surface area contributed by atoms with Crippen LogP contribution in [0.5, 0.6) is 0 Å². The highest BCUT2D eigenvalue weighted by molar-refractivity contribution is 7.15. The third-order valence-electron chi connectivity index (χ3n) is 5.89. The highest BCUT2D eigenvalue weighted by atomic mass is 32.1. The zero-order chi connectivity index (χ0) is 23.1. The summed E-state index contributed by atoms with van der Waals surface area (Å²) in [4.78, 5) is 19.7. The minimum Gasteiger partial charge on any atom is -0.335 e. The number of rotatable bonds is 6. The summed E-state index contributed by atoms with van der Waals surface area (Å²) in [6.07, 6.45) is 5.62. The highest BCUT2D eigenvalue weighted by Crippen LogP contribution is 2.34. The Bertz CT molecular complexity index is 1630. The fourth-order valence-corrected chi connectivity index (χ4v) is 5.09. The van der Waals surface area contributed by atoms with Crippen molar-refractivity contribution in [1.82, 2.24) is 35.5 Å². The molecular formula is C26H23N7S. The first-order valence-corrected chi connectivity index (χ1v) is 12.1. The maximum atomic E-state index is 4.78. The molecule has 5 heterocycles. The average Bonchev–Trinajstić information content (AvgIpc) is 3.59. The standard InChI is InChI=1S/C26H23N7S/c1-3-27-12-16-10-18(14-28-13-16)17-5-6-21-20(11-17)24(33-32-21)26-30-23-19(8-9-29-25(23)31-26)22-7-4-15(2)34-22/h4-11,13-14,27H,3,12H2,1-2H3,(H,32,33)(H,29,30,31). The highest BCUT2D eigenvalue weighted by Gasteiger charge is 2.17. The van der Waals surface area contributed by atoms with Gasteiger partial charge in [0.1, 0.15) is 5.69 Å². The molecule has 0 atom stereocenters. The number of aromatic amines is 2. The first-order valence-electron chi connectivity index (χ1n) is 11.2. The second-order valence-corrected chi connectivity index (χ2v) is 9.54. The van der Waals surface area contributed by atoms with Crippen molar-refractivity contribution in [2.45, 2.75) is 20.4 Å². The van der Waals surface area contributed by atoms with Crippen LogP contribution < -0.4 is 5.32 Å². The van der Waals surface area contributed by atoms with Gasteiger partial charge in [0, 0.05) is 51.4 Å². The van der Waals surface area contributed by atoms with Crippen LogP contribution in [0.4, 0.5) is 0 Å². The van der Waals surface area contributed by atoms with E-state index >= 15 is 0 Å². The maximum Gasteiger partial charge on any atom is 0.178 e. The average molecular weight is 466 g/mol. The van der Waals surface area contributed by atoms with Gasteiger partial charge in [-0.1, -0.05) is 13.0 Å². The van der Waals surface area contributed by atoms with Gasteiger partial charge in [0.25, 0.3) is 0 Å². The maximum absolute atomic E-state index is 4.78. The van der Waals surface area contributed by atoms with Crippen molar-refractivity contribution in [2.75, 3.05) is 6.54 Å². The molecule has 7 nitrogen and oxygen atoms in total. The van der Waals surface area contributed by atoms with E-state index in [0.717, 1.165) is 57.5 Å². The molecule has 0 aliphatic rings. The number of H-pyrrole nitrogens is 2. The molecule has 0 radical (unpaired) electrons. The number of thiophene rings is 1. The first kappa shape index (κ1) is 20.7. The molecule has 1 aromatic carbocycles. The number of hydrogen-bond acceptors (Lipinski definition) is 6. The normalized spacial score (nSPS) is 11.6. The van der Waals surface area contributed by atoms with Gasteiger partial charge in [0.05, 0.1) is 11.0 Å². The second-order valence-electron chi connectivity index (χ2n) is 8.25. The zero-order valence-electron chi connectivity index (χ0n) is 18.9. The van der Waals surface area contributed by atoms with E-state index in [4.69, 9.17) is 4.98 Å². The van der Waals surface area contributed by atoms with Gasteiger partial charge in [0.15, 0.2) is 11.5 Å². The molecule has 0 saturated carbocycles. The number of aryl methyl sites for hydroxylation is 1. The molecule has 0 aliphatic carbocycles. The second kappa shape index (κ2) is 8.48. The topological polar surface area (TPSA) is 95.2 Å². The summed E-state index contributed by atoms with van der Waals surface area (Å²) < 4.78 is 0. The van der Waals surface area contributed by atoms with E-state index in [1.54, 1.807) is 11.3 Å². The van der Waals surface area contributed by atoms with Gasteiger partial charge in [-0.05, 0) is 61.0 Å². The van der Waals surface area contributed by atoms with Crippen LogP contribution in [0.15, 0.2) is 61.1 Å². The van der Waals surface area contributed by atoms with Crippen LogP contribution in [0.2, 0.25) is 0 Å². The Morgan fingerprint density at radius 3 is 2.82 bits per heavy atom. The Morgan fingerprint density at radius 2 is 1.97 bits per heavy atom. The molecule has 0 spiro atoms. The summed E-state index contributed by atoms with van der Waals surface area (Å²) in [5.41, 5.74) is 7.77. The number of hydrogen-bond donors (Lipinski definition) is 3. The number of pyridine rings is 2. The van der Waals surface area contributed by atoms with Gasteiger partial charge in [-0.2, -0.15) is 5.10 Å². The lowest BCUT2D eigenvalue weighted by molar-refractivity contribution is 0.724. The van der Waals surface area contributed by atoms with Crippen molar-refractivity contribution in [1.29, 1.82) is 0 Å². The van der Waals surface area contributed by atoms with Crippen LogP contribution in [0.25, 0.3) is 55.2 Å². The number of imidazole rings is 1. The van der Waals surface area contributed by atoms with E-state index in [1.165, 1.54) is 9.75 Å². The van der Waals surface area contributed by atoms with Gasteiger partial charge in [-0.3, -0.25) is 10.1 Å². The van der Waals surface area contributed by atoms with E-state index in [2.05, 4.69) is 80.7 Å². The lowest BCUT2D eigenvalue weighted by Gasteiger charge is -2.06. The third-order valence-corrected chi connectivity index (χ3v) is 6.93. The number of fused-ring (bicyclic) bond motifs is 2. The molecule has 6 aromatic rings. The summed E-state index contributed by atoms with van der Waals surface area (Å²) in [5.74, 6) is 0.700. The molecule has 168 valence electrons. The number of benzene rings is 1. The molecule has 0 bridgehead atoms. The summed E-state index contributed by atoms with van der Waals surface area (Å²) in [7, 11) is 0. The van der Waals surface area contributed by atoms with Crippen LogP contribution in [0.1, 0.15) is 17.4 Å². The quantitative estimate of drug-likeness (QED) is 0.293. The van der Waals surface area contributed by atoms with Crippen LogP contribution in [-0.4, -0.2) is 36.7 Å². The molecule has 5 aromatic heterocycles. The van der Waals surface area contributed by atoms with Gasteiger partial charge >= 0.3 is 0 Å². The zero-order valence-corrected chi connectivity index (χ0v) is 19.7. The van der Waals surface area contributed by atoms with Crippen molar-refractivity contribution < 1.29 is 0 Å². The van der Waals surface area contributed by atoms with Gasteiger partial charge in [-0.25, -0.2) is 9.97 Å². The fraction of sp³-hybridized carbons (Fsp3) is 0.154. The van der Waals surface area contributed by atoms with Crippen molar-refractivity contribution in [3.8, 4) is 33.1 Å². The van der Waals surface area contributed by atoms with Crippen molar-refractivity contribution in [3.05, 3.63) is 71.5 Å². The van der Waals surface area contributed by atoms with E-state index in [1.807, 2.05) is 24.7 Å². The molecule has 0 fully saturated rings. The summed E-state index contributed by atoms with van der Waals surface area (Å²) in [6.45, 7) is 5.94. The molecule has 8 heteroatoms. The lowest BCUT2D eigenvalue weighted by Crippen LogP contribution is -2.11. The SMILES string of the molecule is CCNCc1cncc(-c2ccc3[nH]nc(-c4nc5nccc(-c6ccc(C)s6)c5[nH]4)c3c2)c1. The molecule has 34 heavy (non-hydrogen) atoms. The van der Waals surface area contributed by atoms with Crippen molar-refractivity contribution in [2.24, 2.45) is 0 Å². The van der Waals surface area contributed by atoms with E-state index in [0.29, 0.717) is 11.5 Å². The third kappa shape index (κ3) is 3.67. The number of nitrogens with zero attached hydrogens (tertiary/aromatic N) is 4.